The number of carbonyl (C=O) groups excluding carboxylic acids is 1. The highest BCUT2D eigenvalue weighted by Gasteiger charge is 2.28. The molecule has 4 heteroatoms. The van der Waals surface area contributed by atoms with E-state index in [4.69, 9.17) is 0 Å². The van der Waals surface area contributed by atoms with E-state index in [-0.39, 0.29) is 17.9 Å². The molecule has 0 aromatic heterocycles. The summed E-state index contributed by atoms with van der Waals surface area (Å²) in [5, 5.41) is 13.0. The molecule has 2 atom stereocenters. The molecule has 2 rings (SSSR count). The van der Waals surface area contributed by atoms with E-state index in [0.717, 1.165) is 23.4 Å². The number of carbonyl (C=O) groups is 1. The van der Waals surface area contributed by atoms with Gasteiger partial charge in [-0.3, -0.25) is 4.79 Å². The zero-order valence-electron chi connectivity index (χ0n) is 12.5. The number of amides is 1. The van der Waals surface area contributed by atoms with Crippen molar-refractivity contribution in [2.45, 2.75) is 33.3 Å². The molecule has 1 fully saturated rings. The number of hydrogen-bond acceptors (Lipinski definition) is 3. The zero-order chi connectivity index (χ0) is 14.7. The van der Waals surface area contributed by atoms with Gasteiger partial charge in [-0.15, -0.1) is 0 Å². The van der Waals surface area contributed by atoms with Crippen molar-refractivity contribution in [3.63, 3.8) is 0 Å². The third-order valence-corrected chi connectivity index (χ3v) is 3.98. The van der Waals surface area contributed by atoms with Gasteiger partial charge in [0.15, 0.2) is 0 Å². The molecule has 0 spiro atoms. The lowest BCUT2D eigenvalue weighted by Crippen LogP contribution is -2.45. The summed E-state index contributed by atoms with van der Waals surface area (Å²) >= 11 is 0. The van der Waals surface area contributed by atoms with Crippen LogP contribution >= 0.6 is 0 Å². The molecule has 1 aromatic carbocycles. The number of aryl methyl sites for hydroxylation is 1. The summed E-state index contributed by atoms with van der Waals surface area (Å²) in [6.07, 6.45) is 0.387. The normalized spacial score (nSPS) is 22.7. The number of aliphatic hydroxyl groups is 1. The van der Waals surface area contributed by atoms with Gasteiger partial charge in [-0.1, -0.05) is 6.92 Å². The molecule has 110 valence electrons. The van der Waals surface area contributed by atoms with E-state index < -0.39 is 0 Å². The SMILES string of the molecule is CCNc1ccc(C(=O)N2CCC(O)C(C)C2)c(C)c1. The minimum absolute atomic E-state index is 0.0734. The first-order chi connectivity index (χ1) is 9.52. The van der Waals surface area contributed by atoms with E-state index in [1.165, 1.54) is 0 Å². The molecule has 2 N–H and O–H groups in total. The fourth-order valence-corrected chi connectivity index (χ4v) is 2.71. The van der Waals surface area contributed by atoms with Crippen LogP contribution < -0.4 is 5.32 Å². The number of aliphatic hydroxyl groups excluding tert-OH is 1. The molecule has 2 unspecified atom stereocenters. The molecule has 1 aliphatic rings. The van der Waals surface area contributed by atoms with Crippen LogP contribution in [0.25, 0.3) is 0 Å². The molecular formula is C16H24N2O2. The Bertz CT molecular complexity index is 487. The summed E-state index contributed by atoms with van der Waals surface area (Å²) in [6, 6.07) is 5.86. The third-order valence-electron chi connectivity index (χ3n) is 3.98. The van der Waals surface area contributed by atoms with Gasteiger partial charge >= 0.3 is 0 Å². The molecular weight excluding hydrogens is 252 g/mol. The van der Waals surface area contributed by atoms with Crippen LogP contribution in [-0.4, -0.2) is 41.7 Å². The van der Waals surface area contributed by atoms with Gasteiger partial charge in [0.25, 0.3) is 5.91 Å². The predicted octanol–water partition coefficient (Wildman–Crippen LogP) is 2.27. The Morgan fingerprint density at radius 3 is 2.85 bits per heavy atom. The smallest absolute Gasteiger partial charge is 0.254 e. The van der Waals surface area contributed by atoms with Crippen LogP contribution in [0.4, 0.5) is 5.69 Å². The van der Waals surface area contributed by atoms with Gasteiger partial charge < -0.3 is 15.3 Å². The number of rotatable bonds is 3. The van der Waals surface area contributed by atoms with Crippen LogP contribution in [0.2, 0.25) is 0 Å². The van der Waals surface area contributed by atoms with E-state index in [9.17, 15) is 9.90 Å². The summed E-state index contributed by atoms with van der Waals surface area (Å²) in [7, 11) is 0. The van der Waals surface area contributed by atoms with Crippen molar-refractivity contribution in [2.75, 3.05) is 25.0 Å². The van der Waals surface area contributed by atoms with Gasteiger partial charge in [0.1, 0.15) is 0 Å². The molecule has 1 heterocycles. The van der Waals surface area contributed by atoms with Crippen LogP contribution in [0.15, 0.2) is 18.2 Å². The largest absolute Gasteiger partial charge is 0.393 e. The highest BCUT2D eigenvalue weighted by atomic mass is 16.3. The summed E-state index contributed by atoms with van der Waals surface area (Å²) in [4.78, 5) is 14.4. The Morgan fingerprint density at radius 2 is 2.25 bits per heavy atom. The predicted molar refractivity (Wildman–Crippen MR) is 81.0 cm³/mol. The van der Waals surface area contributed by atoms with E-state index in [1.807, 2.05) is 36.9 Å². The number of piperidine rings is 1. The quantitative estimate of drug-likeness (QED) is 0.890. The van der Waals surface area contributed by atoms with E-state index in [1.54, 1.807) is 0 Å². The molecule has 1 amide bonds. The maximum absolute atomic E-state index is 12.6. The van der Waals surface area contributed by atoms with Gasteiger partial charge in [0.2, 0.25) is 0 Å². The van der Waals surface area contributed by atoms with E-state index in [2.05, 4.69) is 12.2 Å². The fourth-order valence-electron chi connectivity index (χ4n) is 2.71. The Balaban J connectivity index is 2.13. The fraction of sp³-hybridized carbons (Fsp3) is 0.562. The third kappa shape index (κ3) is 3.12. The summed E-state index contributed by atoms with van der Waals surface area (Å²) in [5.74, 6) is 0.221. The number of nitrogens with one attached hydrogen (secondary N) is 1. The average Bonchev–Trinajstić information content (AvgIpc) is 2.42. The van der Waals surface area contributed by atoms with Crippen LogP contribution in [0.1, 0.15) is 36.2 Å². The molecule has 1 aromatic rings. The minimum Gasteiger partial charge on any atom is -0.393 e. The summed E-state index contributed by atoms with van der Waals surface area (Å²) in [5.41, 5.74) is 2.80. The number of benzene rings is 1. The van der Waals surface area contributed by atoms with Gasteiger partial charge in [0.05, 0.1) is 6.10 Å². The Labute approximate surface area is 120 Å². The summed E-state index contributed by atoms with van der Waals surface area (Å²) < 4.78 is 0. The molecule has 0 bridgehead atoms. The molecule has 1 aliphatic heterocycles. The second-order valence-corrected chi connectivity index (χ2v) is 5.64. The lowest BCUT2D eigenvalue weighted by Gasteiger charge is -2.34. The highest BCUT2D eigenvalue weighted by Crippen LogP contribution is 2.21. The first-order valence-electron chi connectivity index (χ1n) is 7.34. The van der Waals surface area contributed by atoms with Crippen molar-refractivity contribution >= 4 is 11.6 Å². The van der Waals surface area contributed by atoms with Crippen molar-refractivity contribution < 1.29 is 9.90 Å². The topological polar surface area (TPSA) is 52.6 Å². The lowest BCUT2D eigenvalue weighted by atomic mass is 9.95. The highest BCUT2D eigenvalue weighted by molar-refractivity contribution is 5.96. The van der Waals surface area contributed by atoms with Crippen molar-refractivity contribution in [1.29, 1.82) is 0 Å². The Hall–Kier alpha value is -1.55. The van der Waals surface area contributed by atoms with Gasteiger partial charge in [-0.05, 0) is 49.9 Å². The molecule has 0 saturated carbocycles. The molecule has 1 saturated heterocycles. The average molecular weight is 276 g/mol. The zero-order valence-corrected chi connectivity index (χ0v) is 12.5. The van der Waals surface area contributed by atoms with Crippen molar-refractivity contribution in [3.8, 4) is 0 Å². The Kier molecular flexibility index (Phi) is 4.65. The van der Waals surface area contributed by atoms with Crippen molar-refractivity contribution in [1.82, 2.24) is 4.90 Å². The number of anilines is 1. The van der Waals surface area contributed by atoms with Crippen molar-refractivity contribution in [2.24, 2.45) is 5.92 Å². The standard InChI is InChI=1S/C16H24N2O2/c1-4-17-13-5-6-14(11(2)9-13)16(20)18-8-7-15(19)12(3)10-18/h5-6,9,12,15,17,19H,4,7-8,10H2,1-3H3. The number of nitrogens with zero attached hydrogens (tertiary/aromatic N) is 1. The molecule has 4 nitrogen and oxygen atoms in total. The van der Waals surface area contributed by atoms with E-state index >= 15 is 0 Å². The van der Waals surface area contributed by atoms with Gasteiger partial charge in [-0.2, -0.15) is 0 Å². The second kappa shape index (κ2) is 6.27. The van der Waals surface area contributed by atoms with Crippen LogP contribution in [-0.2, 0) is 0 Å². The monoisotopic (exact) mass is 276 g/mol. The minimum atomic E-state index is -0.281. The van der Waals surface area contributed by atoms with E-state index in [0.29, 0.717) is 19.5 Å². The Morgan fingerprint density at radius 1 is 1.50 bits per heavy atom. The van der Waals surface area contributed by atoms with Crippen LogP contribution in [0.3, 0.4) is 0 Å². The maximum atomic E-state index is 12.6. The molecule has 20 heavy (non-hydrogen) atoms. The molecule has 0 aliphatic carbocycles. The van der Waals surface area contributed by atoms with Crippen LogP contribution in [0, 0.1) is 12.8 Å². The van der Waals surface area contributed by atoms with Crippen molar-refractivity contribution in [3.05, 3.63) is 29.3 Å². The molecule has 0 radical (unpaired) electrons. The number of likely N-dealkylation sites (tertiary alicyclic amines) is 1. The van der Waals surface area contributed by atoms with Crippen LogP contribution in [0.5, 0.6) is 0 Å². The summed E-state index contributed by atoms with van der Waals surface area (Å²) in [6.45, 7) is 8.15. The van der Waals surface area contributed by atoms with Gasteiger partial charge in [0, 0.05) is 30.9 Å². The first-order valence-corrected chi connectivity index (χ1v) is 7.34. The first kappa shape index (κ1) is 14.9. The number of hydrogen-bond donors (Lipinski definition) is 2. The second-order valence-electron chi connectivity index (χ2n) is 5.64. The lowest BCUT2D eigenvalue weighted by molar-refractivity contribution is 0.0297. The maximum Gasteiger partial charge on any atom is 0.254 e. The van der Waals surface area contributed by atoms with Gasteiger partial charge in [-0.25, -0.2) is 0 Å².